The van der Waals surface area contributed by atoms with Crippen LogP contribution in [0.4, 0.5) is 4.79 Å². The Labute approximate surface area is 96.2 Å². The van der Waals surface area contributed by atoms with Crippen molar-refractivity contribution in [2.24, 2.45) is 0 Å². The third-order valence-electron chi connectivity index (χ3n) is 2.12. The van der Waals surface area contributed by atoms with Gasteiger partial charge in [0.15, 0.2) is 0 Å². The number of ether oxygens (including phenoxy) is 1. The van der Waals surface area contributed by atoms with Gasteiger partial charge in [-0.3, -0.25) is 0 Å². The third-order valence-corrected chi connectivity index (χ3v) is 2.29. The van der Waals surface area contributed by atoms with Gasteiger partial charge < -0.3 is 14.4 Å². The SMILES string of the molecule is O=C(O)Oc1ccc2c(c1)ncn2CCCl. The van der Waals surface area contributed by atoms with Crippen LogP contribution in [0.25, 0.3) is 11.0 Å². The zero-order valence-electron chi connectivity index (χ0n) is 8.26. The number of aromatic nitrogens is 2. The van der Waals surface area contributed by atoms with Gasteiger partial charge in [-0.2, -0.15) is 0 Å². The van der Waals surface area contributed by atoms with Crippen molar-refractivity contribution >= 4 is 28.8 Å². The van der Waals surface area contributed by atoms with E-state index in [2.05, 4.69) is 9.72 Å². The molecule has 0 amide bonds. The molecule has 0 aliphatic carbocycles. The van der Waals surface area contributed by atoms with Crippen molar-refractivity contribution in [2.45, 2.75) is 6.54 Å². The maximum absolute atomic E-state index is 10.3. The molecule has 84 valence electrons. The molecular weight excluding hydrogens is 232 g/mol. The minimum atomic E-state index is -1.33. The number of fused-ring (bicyclic) bond motifs is 1. The monoisotopic (exact) mass is 240 g/mol. The first-order valence-corrected chi connectivity index (χ1v) is 5.16. The van der Waals surface area contributed by atoms with Crippen LogP contribution < -0.4 is 4.74 Å². The molecule has 16 heavy (non-hydrogen) atoms. The minimum Gasteiger partial charge on any atom is -0.449 e. The highest BCUT2D eigenvalue weighted by Crippen LogP contribution is 2.20. The van der Waals surface area contributed by atoms with E-state index in [0.717, 1.165) is 5.52 Å². The molecule has 0 atom stereocenters. The summed E-state index contributed by atoms with van der Waals surface area (Å²) in [6.45, 7) is 0.664. The first-order valence-electron chi connectivity index (χ1n) is 4.62. The van der Waals surface area contributed by atoms with Crippen molar-refractivity contribution in [1.29, 1.82) is 0 Å². The molecule has 1 heterocycles. The van der Waals surface area contributed by atoms with Gasteiger partial charge in [0.1, 0.15) is 5.75 Å². The Bertz CT molecular complexity index is 524. The second-order valence-corrected chi connectivity index (χ2v) is 3.52. The van der Waals surface area contributed by atoms with Crippen molar-refractivity contribution in [2.75, 3.05) is 5.88 Å². The van der Waals surface area contributed by atoms with Crippen LogP contribution in [0.5, 0.6) is 5.75 Å². The molecule has 0 saturated heterocycles. The topological polar surface area (TPSA) is 64.3 Å². The van der Waals surface area contributed by atoms with Crippen molar-refractivity contribution in [3.05, 3.63) is 24.5 Å². The van der Waals surface area contributed by atoms with Crippen LogP contribution >= 0.6 is 11.6 Å². The smallest absolute Gasteiger partial charge is 0.449 e. The van der Waals surface area contributed by atoms with Gasteiger partial charge in [0, 0.05) is 18.5 Å². The largest absolute Gasteiger partial charge is 0.511 e. The Balaban J connectivity index is 2.37. The van der Waals surface area contributed by atoms with E-state index >= 15 is 0 Å². The fourth-order valence-corrected chi connectivity index (χ4v) is 1.66. The number of carboxylic acid groups (broad SMARTS) is 1. The second kappa shape index (κ2) is 4.40. The van der Waals surface area contributed by atoms with Gasteiger partial charge in [-0.15, -0.1) is 11.6 Å². The fourth-order valence-electron chi connectivity index (χ4n) is 1.48. The highest BCUT2D eigenvalue weighted by atomic mass is 35.5. The maximum atomic E-state index is 10.3. The summed E-state index contributed by atoms with van der Waals surface area (Å²) in [5.41, 5.74) is 1.59. The highest BCUT2D eigenvalue weighted by Gasteiger charge is 2.06. The van der Waals surface area contributed by atoms with E-state index in [1.165, 1.54) is 0 Å². The summed E-state index contributed by atoms with van der Waals surface area (Å²) in [5, 5.41) is 8.46. The van der Waals surface area contributed by atoms with E-state index in [0.29, 0.717) is 17.9 Å². The minimum absolute atomic E-state index is 0.260. The van der Waals surface area contributed by atoms with Gasteiger partial charge >= 0.3 is 6.16 Å². The number of rotatable bonds is 3. The van der Waals surface area contributed by atoms with Crippen LogP contribution in [-0.4, -0.2) is 26.7 Å². The summed E-state index contributed by atoms with van der Waals surface area (Å²) in [7, 11) is 0. The average Bonchev–Trinajstić information content (AvgIpc) is 2.61. The molecule has 0 radical (unpaired) electrons. The summed E-state index contributed by atoms with van der Waals surface area (Å²) in [5.74, 6) is 0.759. The predicted molar refractivity (Wildman–Crippen MR) is 59.1 cm³/mol. The molecule has 0 spiro atoms. The molecule has 0 aliphatic rings. The van der Waals surface area contributed by atoms with Crippen molar-refractivity contribution in [3.63, 3.8) is 0 Å². The van der Waals surface area contributed by atoms with E-state index in [4.69, 9.17) is 16.7 Å². The van der Waals surface area contributed by atoms with Gasteiger partial charge in [0.25, 0.3) is 0 Å². The summed E-state index contributed by atoms with van der Waals surface area (Å²) in [6.07, 6.45) is 0.331. The van der Waals surface area contributed by atoms with Crippen LogP contribution in [-0.2, 0) is 6.54 Å². The zero-order chi connectivity index (χ0) is 11.5. The zero-order valence-corrected chi connectivity index (χ0v) is 9.02. The number of carbonyl (C=O) groups is 1. The molecule has 5 nitrogen and oxygen atoms in total. The van der Waals surface area contributed by atoms with Gasteiger partial charge in [-0.05, 0) is 12.1 Å². The normalized spacial score (nSPS) is 10.6. The summed E-state index contributed by atoms with van der Waals surface area (Å²) in [6, 6.07) is 4.92. The lowest BCUT2D eigenvalue weighted by Crippen LogP contribution is -2.02. The van der Waals surface area contributed by atoms with Crippen LogP contribution in [0, 0.1) is 0 Å². The van der Waals surface area contributed by atoms with Gasteiger partial charge in [0.2, 0.25) is 0 Å². The summed E-state index contributed by atoms with van der Waals surface area (Å²) >= 11 is 5.64. The molecule has 6 heteroatoms. The highest BCUT2D eigenvalue weighted by molar-refractivity contribution is 6.17. The number of hydrogen-bond acceptors (Lipinski definition) is 3. The molecule has 0 bridgehead atoms. The number of nitrogens with zero attached hydrogens (tertiary/aromatic N) is 2. The number of hydrogen-bond donors (Lipinski definition) is 1. The molecule has 2 aromatic rings. The van der Waals surface area contributed by atoms with E-state index < -0.39 is 6.16 Å². The average molecular weight is 241 g/mol. The Kier molecular flexibility index (Phi) is 2.96. The standard InChI is InChI=1S/C10H9ClN2O3/c11-3-4-13-6-12-8-5-7(16-10(14)15)1-2-9(8)13/h1-2,5-6H,3-4H2,(H,14,15). The first kappa shape index (κ1) is 10.8. The van der Waals surface area contributed by atoms with Crippen molar-refractivity contribution in [1.82, 2.24) is 9.55 Å². The first-order chi connectivity index (χ1) is 7.70. The van der Waals surface area contributed by atoms with E-state index in [9.17, 15) is 4.79 Å². The summed E-state index contributed by atoms with van der Waals surface area (Å²) < 4.78 is 6.43. The van der Waals surface area contributed by atoms with E-state index in [1.807, 2.05) is 4.57 Å². The van der Waals surface area contributed by atoms with Crippen LogP contribution in [0.15, 0.2) is 24.5 Å². The molecule has 2 rings (SSSR count). The molecule has 1 aromatic carbocycles. The molecule has 0 saturated carbocycles. The second-order valence-electron chi connectivity index (χ2n) is 3.15. The molecule has 1 N–H and O–H groups in total. The third kappa shape index (κ3) is 2.09. The lowest BCUT2D eigenvalue weighted by molar-refractivity contribution is 0.144. The number of benzene rings is 1. The number of imidazole rings is 1. The molecule has 0 fully saturated rings. The lowest BCUT2D eigenvalue weighted by Gasteiger charge is -2.01. The number of aryl methyl sites for hydroxylation is 1. The van der Waals surface area contributed by atoms with Crippen LogP contribution in [0.2, 0.25) is 0 Å². The maximum Gasteiger partial charge on any atom is 0.511 e. The van der Waals surface area contributed by atoms with Crippen molar-refractivity contribution < 1.29 is 14.6 Å². The van der Waals surface area contributed by atoms with Gasteiger partial charge in [-0.1, -0.05) is 0 Å². The van der Waals surface area contributed by atoms with Crippen molar-refractivity contribution in [3.8, 4) is 5.75 Å². The molecule has 0 aliphatic heterocycles. The number of halogens is 1. The van der Waals surface area contributed by atoms with Gasteiger partial charge in [-0.25, -0.2) is 9.78 Å². The van der Waals surface area contributed by atoms with E-state index in [1.54, 1.807) is 24.5 Å². The van der Waals surface area contributed by atoms with Gasteiger partial charge in [0.05, 0.1) is 17.4 Å². The Hall–Kier alpha value is -1.75. The molecule has 0 unspecified atom stereocenters. The van der Waals surface area contributed by atoms with Crippen LogP contribution in [0.3, 0.4) is 0 Å². The fraction of sp³-hybridized carbons (Fsp3) is 0.200. The Morgan fingerprint density at radius 1 is 1.56 bits per heavy atom. The lowest BCUT2D eigenvalue weighted by atomic mass is 10.3. The number of alkyl halides is 1. The Morgan fingerprint density at radius 2 is 2.38 bits per heavy atom. The Morgan fingerprint density at radius 3 is 3.06 bits per heavy atom. The van der Waals surface area contributed by atoms with E-state index in [-0.39, 0.29) is 5.75 Å². The van der Waals surface area contributed by atoms with Crippen LogP contribution in [0.1, 0.15) is 0 Å². The summed E-state index contributed by atoms with van der Waals surface area (Å²) in [4.78, 5) is 14.5. The quantitative estimate of drug-likeness (QED) is 0.508. The predicted octanol–water partition coefficient (Wildman–Crippen LogP) is 2.33. The molecule has 1 aromatic heterocycles. The molecular formula is C10H9ClN2O3.